The van der Waals surface area contributed by atoms with E-state index in [-0.39, 0.29) is 12.4 Å². The summed E-state index contributed by atoms with van der Waals surface area (Å²) in [6.45, 7) is 0. The fourth-order valence-corrected chi connectivity index (χ4v) is 4.64. The number of thioether (sulfide) groups is 1. The molecule has 0 fully saturated rings. The molecule has 3 aliphatic heterocycles. The SMILES string of the molecule is c1ccc2c(c1)NC(c1ccc3c(c1)NC(c1ccc4c(c1)NCS4)O3)N2. The van der Waals surface area contributed by atoms with Crippen LogP contribution in [0.15, 0.2) is 65.6 Å². The lowest BCUT2D eigenvalue weighted by Crippen LogP contribution is -2.12. The zero-order valence-electron chi connectivity index (χ0n) is 14.5. The van der Waals surface area contributed by atoms with E-state index in [9.17, 15) is 0 Å². The highest BCUT2D eigenvalue weighted by Gasteiger charge is 2.27. The molecule has 0 spiro atoms. The van der Waals surface area contributed by atoms with Gasteiger partial charge in [-0.25, -0.2) is 0 Å². The predicted octanol–water partition coefficient (Wildman–Crippen LogP) is 5.20. The summed E-state index contributed by atoms with van der Waals surface area (Å²) in [5.74, 6) is 1.83. The van der Waals surface area contributed by atoms with E-state index < -0.39 is 0 Å². The number of hydrogen-bond acceptors (Lipinski definition) is 6. The Morgan fingerprint density at radius 3 is 2.41 bits per heavy atom. The topological polar surface area (TPSA) is 57.3 Å². The zero-order valence-corrected chi connectivity index (χ0v) is 15.3. The second kappa shape index (κ2) is 5.76. The number of hydrogen-bond donors (Lipinski definition) is 4. The van der Waals surface area contributed by atoms with Crippen molar-refractivity contribution in [3.8, 4) is 5.75 Å². The smallest absolute Gasteiger partial charge is 0.196 e. The van der Waals surface area contributed by atoms with E-state index in [1.165, 1.54) is 16.1 Å². The number of fused-ring (bicyclic) bond motifs is 3. The molecule has 3 heterocycles. The Hall–Kier alpha value is -2.99. The Morgan fingerprint density at radius 1 is 0.778 bits per heavy atom. The van der Waals surface area contributed by atoms with Crippen molar-refractivity contribution in [3.63, 3.8) is 0 Å². The first kappa shape index (κ1) is 15.1. The summed E-state index contributed by atoms with van der Waals surface area (Å²) in [6.07, 6.45) is -0.0931. The molecule has 0 saturated heterocycles. The van der Waals surface area contributed by atoms with E-state index in [0.717, 1.165) is 34.3 Å². The Balaban J connectivity index is 1.25. The molecule has 6 rings (SSSR count). The Bertz CT molecular complexity index is 1030. The van der Waals surface area contributed by atoms with Gasteiger partial charge in [0.15, 0.2) is 6.23 Å². The van der Waals surface area contributed by atoms with Gasteiger partial charge in [-0.05, 0) is 42.0 Å². The lowest BCUT2D eigenvalue weighted by molar-refractivity contribution is 0.260. The minimum atomic E-state index is -0.158. The molecule has 0 radical (unpaired) electrons. The van der Waals surface area contributed by atoms with Gasteiger partial charge in [0.05, 0.1) is 22.9 Å². The van der Waals surface area contributed by atoms with Crippen LogP contribution in [0.4, 0.5) is 22.7 Å². The molecule has 3 aromatic rings. The van der Waals surface area contributed by atoms with Crippen LogP contribution in [-0.2, 0) is 0 Å². The first-order chi connectivity index (χ1) is 13.3. The van der Waals surface area contributed by atoms with Crippen molar-refractivity contribution < 1.29 is 4.74 Å². The maximum Gasteiger partial charge on any atom is 0.196 e. The number of benzene rings is 3. The second-order valence-electron chi connectivity index (χ2n) is 6.89. The Labute approximate surface area is 161 Å². The maximum absolute atomic E-state index is 6.15. The van der Waals surface area contributed by atoms with E-state index in [2.05, 4.69) is 63.7 Å². The highest BCUT2D eigenvalue weighted by Crippen LogP contribution is 2.43. The third-order valence-electron chi connectivity index (χ3n) is 5.19. The molecule has 6 heteroatoms. The standard InChI is InChI=1S/C21H18N4OS/c1-2-4-15-14(3-1)23-20(24-15)12-5-7-18-16(9-12)25-21(26-18)13-6-8-19-17(10-13)22-11-27-19/h1-10,20-25H,11H2. The van der Waals surface area contributed by atoms with Crippen molar-refractivity contribution in [2.45, 2.75) is 17.3 Å². The minimum Gasteiger partial charge on any atom is -0.464 e. The molecule has 0 aromatic heterocycles. The molecule has 0 aliphatic carbocycles. The van der Waals surface area contributed by atoms with Gasteiger partial charge in [0.2, 0.25) is 0 Å². The van der Waals surface area contributed by atoms with Crippen molar-refractivity contribution in [3.05, 3.63) is 71.8 Å². The first-order valence-electron chi connectivity index (χ1n) is 9.03. The molecule has 1 unspecified atom stereocenters. The molecule has 3 aromatic carbocycles. The number of ether oxygens (including phenoxy) is 1. The summed E-state index contributed by atoms with van der Waals surface area (Å²) in [7, 11) is 0. The predicted molar refractivity (Wildman–Crippen MR) is 111 cm³/mol. The minimum absolute atomic E-state index is 0.0646. The third kappa shape index (κ3) is 2.48. The Kier molecular flexibility index (Phi) is 3.22. The zero-order chi connectivity index (χ0) is 17.8. The molecule has 0 saturated carbocycles. The van der Waals surface area contributed by atoms with Crippen LogP contribution in [0.5, 0.6) is 5.75 Å². The number of nitrogens with one attached hydrogen (secondary N) is 4. The average Bonchev–Trinajstić information content (AvgIpc) is 3.42. The lowest BCUT2D eigenvalue weighted by atomic mass is 10.1. The van der Waals surface area contributed by atoms with E-state index in [0.29, 0.717) is 0 Å². The van der Waals surface area contributed by atoms with Crippen LogP contribution in [0.1, 0.15) is 23.5 Å². The van der Waals surface area contributed by atoms with Gasteiger partial charge >= 0.3 is 0 Å². The maximum atomic E-state index is 6.15. The highest BCUT2D eigenvalue weighted by molar-refractivity contribution is 7.99. The van der Waals surface area contributed by atoms with E-state index in [1.807, 2.05) is 30.0 Å². The second-order valence-corrected chi connectivity index (χ2v) is 7.90. The summed E-state index contributed by atoms with van der Waals surface area (Å²) >= 11 is 1.83. The normalized spacial score (nSPS) is 19.0. The van der Waals surface area contributed by atoms with Crippen LogP contribution in [-0.4, -0.2) is 5.88 Å². The van der Waals surface area contributed by atoms with Gasteiger partial charge in [0, 0.05) is 16.1 Å². The number of anilines is 4. The molecule has 5 nitrogen and oxygen atoms in total. The van der Waals surface area contributed by atoms with E-state index in [4.69, 9.17) is 4.74 Å². The van der Waals surface area contributed by atoms with Gasteiger partial charge in [0.25, 0.3) is 0 Å². The average molecular weight is 374 g/mol. The molecule has 0 amide bonds. The Morgan fingerprint density at radius 2 is 1.56 bits per heavy atom. The fourth-order valence-electron chi connectivity index (χ4n) is 3.81. The summed E-state index contributed by atoms with van der Waals surface area (Å²) in [5.41, 5.74) is 6.79. The number of para-hydroxylation sites is 2. The van der Waals surface area contributed by atoms with Crippen LogP contribution in [0.3, 0.4) is 0 Å². The van der Waals surface area contributed by atoms with Crippen LogP contribution >= 0.6 is 11.8 Å². The third-order valence-corrected chi connectivity index (χ3v) is 6.15. The lowest BCUT2D eigenvalue weighted by Gasteiger charge is -2.13. The van der Waals surface area contributed by atoms with Crippen LogP contribution in [0.2, 0.25) is 0 Å². The van der Waals surface area contributed by atoms with Crippen molar-refractivity contribution >= 4 is 34.5 Å². The van der Waals surface area contributed by atoms with Crippen molar-refractivity contribution in [2.24, 2.45) is 0 Å². The summed E-state index contributed by atoms with van der Waals surface area (Å²) in [5, 5.41) is 14.0. The van der Waals surface area contributed by atoms with Crippen LogP contribution in [0, 0.1) is 0 Å². The monoisotopic (exact) mass is 374 g/mol. The van der Waals surface area contributed by atoms with Gasteiger partial charge in [0.1, 0.15) is 11.9 Å². The molecule has 0 bridgehead atoms. The van der Waals surface area contributed by atoms with Gasteiger partial charge in [-0.1, -0.05) is 24.3 Å². The molecule has 3 aliphatic rings. The van der Waals surface area contributed by atoms with Crippen LogP contribution in [0.25, 0.3) is 0 Å². The summed E-state index contributed by atoms with van der Waals surface area (Å²) in [4.78, 5) is 1.30. The van der Waals surface area contributed by atoms with Crippen molar-refractivity contribution in [1.82, 2.24) is 0 Å². The quantitative estimate of drug-likeness (QED) is 0.495. The summed E-state index contributed by atoms with van der Waals surface area (Å²) in [6, 6.07) is 21.1. The molecule has 4 N–H and O–H groups in total. The van der Waals surface area contributed by atoms with Gasteiger partial charge < -0.3 is 26.0 Å². The van der Waals surface area contributed by atoms with Gasteiger partial charge in [-0.2, -0.15) is 0 Å². The van der Waals surface area contributed by atoms with E-state index >= 15 is 0 Å². The molecule has 27 heavy (non-hydrogen) atoms. The van der Waals surface area contributed by atoms with Crippen molar-refractivity contribution in [2.75, 3.05) is 27.1 Å². The van der Waals surface area contributed by atoms with Crippen LogP contribution < -0.4 is 26.0 Å². The fraction of sp³-hybridized carbons (Fsp3) is 0.143. The molecule has 134 valence electrons. The van der Waals surface area contributed by atoms with E-state index in [1.54, 1.807) is 0 Å². The number of rotatable bonds is 2. The molecular weight excluding hydrogens is 356 g/mol. The van der Waals surface area contributed by atoms with Gasteiger partial charge in [-0.15, -0.1) is 11.8 Å². The summed E-state index contributed by atoms with van der Waals surface area (Å²) < 4.78 is 6.15. The van der Waals surface area contributed by atoms with Gasteiger partial charge in [-0.3, -0.25) is 0 Å². The van der Waals surface area contributed by atoms with Crippen molar-refractivity contribution in [1.29, 1.82) is 0 Å². The molecular formula is C21H18N4OS. The first-order valence-corrected chi connectivity index (χ1v) is 10.0. The molecule has 1 atom stereocenters. The largest absolute Gasteiger partial charge is 0.464 e. The highest BCUT2D eigenvalue weighted by atomic mass is 32.2.